The maximum Gasteiger partial charge on any atom is 0.150 e. The molecule has 3 heteroatoms. The SMILES string of the molecule is Cc1cc(CNC2CC(C)(C)C2)on1. The quantitative estimate of drug-likeness (QED) is 0.802. The van der Waals surface area contributed by atoms with Gasteiger partial charge < -0.3 is 9.84 Å². The van der Waals surface area contributed by atoms with Crippen LogP contribution in [0.15, 0.2) is 10.6 Å². The molecule has 1 fully saturated rings. The molecule has 1 aliphatic carbocycles. The van der Waals surface area contributed by atoms with Crippen molar-refractivity contribution in [2.75, 3.05) is 0 Å². The lowest BCUT2D eigenvalue weighted by atomic mass is 9.68. The van der Waals surface area contributed by atoms with Crippen molar-refractivity contribution in [3.63, 3.8) is 0 Å². The number of rotatable bonds is 3. The molecule has 1 saturated carbocycles. The van der Waals surface area contributed by atoms with E-state index in [2.05, 4.69) is 24.3 Å². The van der Waals surface area contributed by atoms with E-state index in [0.29, 0.717) is 11.5 Å². The molecule has 0 spiro atoms. The summed E-state index contributed by atoms with van der Waals surface area (Å²) in [6.07, 6.45) is 2.53. The Bertz CT molecular complexity index is 309. The van der Waals surface area contributed by atoms with E-state index < -0.39 is 0 Å². The Morgan fingerprint density at radius 2 is 2.29 bits per heavy atom. The van der Waals surface area contributed by atoms with Crippen LogP contribution in [0, 0.1) is 12.3 Å². The highest BCUT2D eigenvalue weighted by molar-refractivity contribution is 5.03. The van der Waals surface area contributed by atoms with Crippen molar-refractivity contribution < 1.29 is 4.52 Å². The summed E-state index contributed by atoms with van der Waals surface area (Å²) >= 11 is 0. The van der Waals surface area contributed by atoms with E-state index >= 15 is 0 Å². The van der Waals surface area contributed by atoms with Gasteiger partial charge in [0.1, 0.15) is 0 Å². The molecule has 0 radical (unpaired) electrons. The van der Waals surface area contributed by atoms with Crippen molar-refractivity contribution in [2.45, 2.75) is 46.2 Å². The normalized spacial score (nSPS) is 20.8. The van der Waals surface area contributed by atoms with Crippen molar-refractivity contribution in [1.29, 1.82) is 0 Å². The van der Waals surface area contributed by atoms with Crippen LogP contribution >= 0.6 is 0 Å². The number of hydrogen-bond acceptors (Lipinski definition) is 3. The second-order valence-electron chi connectivity index (χ2n) is 5.08. The first kappa shape index (κ1) is 9.71. The summed E-state index contributed by atoms with van der Waals surface area (Å²) in [6, 6.07) is 2.65. The minimum atomic E-state index is 0.537. The Kier molecular flexibility index (Phi) is 2.35. The third-order valence-corrected chi connectivity index (χ3v) is 2.84. The van der Waals surface area contributed by atoms with Crippen molar-refractivity contribution >= 4 is 0 Å². The van der Waals surface area contributed by atoms with Crippen molar-refractivity contribution in [3.8, 4) is 0 Å². The van der Waals surface area contributed by atoms with Gasteiger partial charge in [0.25, 0.3) is 0 Å². The van der Waals surface area contributed by atoms with E-state index in [1.165, 1.54) is 12.8 Å². The lowest BCUT2D eigenvalue weighted by molar-refractivity contribution is 0.123. The summed E-state index contributed by atoms with van der Waals surface area (Å²) in [6.45, 7) is 7.37. The third-order valence-electron chi connectivity index (χ3n) is 2.84. The Morgan fingerprint density at radius 1 is 1.57 bits per heavy atom. The highest BCUT2D eigenvalue weighted by Crippen LogP contribution is 2.39. The molecule has 78 valence electrons. The van der Waals surface area contributed by atoms with Gasteiger partial charge in [0.05, 0.1) is 12.2 Å². The van der Waals surface area contributed by atoms with Crippen molar-refractivity contribution in [3.05, 3.63) is 17.5 Å². The molecule has 1 heterocycles. The van der Waals surface area contributed by atoms with Gasteiger partial charge in [-0.2, -0.15) is 0 Å². The first-order valence-corrected chi connectivity index (χ1v) is 5.21. The second kappa shape index (κ2) is 3.39. The summed E-state index contributed by atoms with van der Waals surface area (Å²) in [7, 11) is 0. The van der Waals surface area contributed by atoms with Crippen LogP contribution in [-0.4, -0.2) is 11.2 Å². The molecule has 0 atom stereocenters. The molecule has 1 aromatic rings. The fourth-order valence-electron chi connectivity index (χ4n) is 2.16. The molecule has 1 aromatic heterocycles. The largest absolute Gasteiger partial charge is 0.360 e. The summed E-state index contributed by atoms with van der Waals surface area (Å²) in [5.74, 6) is 0.937. The summed E-state index contributed by atoms with van der Waals surface area (Å²) < 4.78 is 5.12. The van der Waals surface area contributed by atoms with Gasteiger partial charge in [-0.05, 0) is 25.2 Å². The Labute approximate surface area is 84.9 Å². The summed E-state index contributed by atoms with van der Waals surface area (Å²) in [4.78, 5) is 0. The average Bonchev–Trinajstić information content (AvgIpc) is 2.44. The van der Waals surface area contributed by atoms with Crippen LogP contribution < -0.4 is 5.32 Å². The minimum absolute atomic E-state index is 0.537. The molecule has 2 rings (SSSR count). The molecule has 0 amide bonds. The van der Waals surface area contributed by atoms with E-state index in [1.54, 1.807) is 0 Å². The Morgan fingerprint density at radius 3 is 2.79 bits per heavy atom. The minimum Gasteiger partial charge on any atom is -0.360 e. The first-order valence-electron chi connectivity index (χ1n) is 5.21. The molecule has 0 saturated heterocycles. The molecular formula is C11H18N2O. The lowest BCUT2D eigenvalue weighted by Gasteiger charge is -2.42. The predicted octanol–water partition coefficient (Wildman–Crippen LogP) is 2.26. The van der Waals surface area contributed by atoms with Crippen molar-refractivity contribution in [2.24, 2.45) is 5.41 Å². The van der Waals surface area contributed by atoms with Crippen LogP contribution in [-0.2, 0) is 6.54 Å². The predicted molar refractivity (Wildman–Crippen MR) is 54.9 cm³/mol. The monoisotopic (exact) mass is 194 g/mol. The molecule has 0 aromatic carbocycles. The lowest BCUT2D eigenvalue weighted by Crippen LogP contribution is -2.45. The van der Waals surface area contributed by atoms with E-state index in [4.69, 9.17) is 4.52 Å². The standard InChI is InChI=1S/C11H18N2O/c1-8-4-10(14-13-8)7-12-9-5-11(2,3)6-9/h4,9,12H,5-7H2,1-3H3. The molecule has 0 unspecified atom stereocenters. The van der Waals surface area contributed by atoms with Gasteiger partial charge in [-0.25, -0.2) is 0 Å². The average molecular weight is 194 g/mol. The van der Waals surface area contributed by atoms with Gasteiger partial charge >= 0.3 is 0 Å². The maximum atomic E-state index is 5.12. The highest BCUT2D eigenvalue weighted by atomic mass is 16.5. The highest BCUT2D eigenvalue weighted by Gasteiger charge is 2.35. The molecule has 0 aliphatic heterocycles. The zero-order valence-corrected chi connectivity index (χ0v) is 9.13. The molecule has 1 N–H and O–H groups in total. The van der Waals surface area contributed by atoms with Gasteiger partial charge in [-0.3, -0.25) is 0 Å². The van der Waals surface area contributed by atoms with E-state index in [-0.39, 0.29) is 0 Å². The van der Waals surface area contributed by atoms with Gasteiger partial charge in [-0.15, -0.1) is 0 Å². The fourth-order valence-corrected chi connectivity index (χ4v) is 2.16. The smallest absolute Gasteiger partial charge is 0.150 e. The Balaban J connectivity index is 1.74. The summed E-state index contributed by atoms with van der Waals surface area (Å²) in [5.41, 5.74) is 1.49. The van der Waals surface area contributed by atoms with Crippen LogP contribution in [0.5, 0.6) is 0 Å². The number of nitrogens with zero attached hydrogens (tertiary/aromatic N) is 1. The van der Waals surface area contributed by atoms with Gasteiger partial charge in [-0.1, -0.05) is 19.0 Å². The van der Waals surface area contributed by atoms with Crippen LogP contribution in [0.3, 0.4) is 0 Å². The summed E-state index contributed by atoms with van der Waals surface area (Å²) in [5, 5.41) is 7.32. The van der Waals surface area contributed by atoms with E-state index in [0.717, 1.165) is 18.0 Å². The molecular weight excluding hydrogens is 176 g/mol. The topological polar surface area (TPSA) is 38.1 Å². The fraction of sp³-hybridized carbons (Fsp3) is 0.727. The second-order valence-corrected chi connectivity index (χ2v) is 5.08. The Hall–Kier alpha value is -0.830. The van der Waals surface area contributed by atoms with Crippen LogP contribution in [0.25, 0.3) is 0 Å². The van der Waals surface area contributed by atoms with Crippen molar-refractivity contribution in [1.82, 2.24) is 10.5 Å². The van der Waals surface area contributed by atoms with Gasteiger partial charge in [0, 0.05) is 12.1 Å². The number of aromatic nitrogens is 1. The van der Waals surface area contributed by atoms with E-state index in [9.17, 15) is 0 Å². The molecule has 0 bridgehead atoms. The maximum absolute atomic E-state index is 5.12. The zero-order chi connectivity index (χ0) is 10.2. The molecule has 1 aliphatic rings. The first-order chi connectivity index (χ1) is 6.55. The van der Waals surface area contributed by atoms with E-state index in [1.807, 2.05) is 13.0 Å². The molecule has 3 nitrogen and oxygen atoms in total. The van der Waals surface area contributed by atoms with Crippen LogP contribution in [0.1, 0.15) is 38.1 Å². The molecule has 14 heavy (non-hydrogen) atoms. The number of aryl methyl sites for hydroxylation is 1. The third kappa shape index (κ3) is 2.15. The van der Waals surface area contributed by atoms with Crippen LogP contribution in [0.4, 0.5) is 0 Å². The zero-order valence-electron chi connectivity index (χ0n) is 9.13. The number of hydrogen-bond donors (Lipinski definition) is 1. The van der Waals surface area contributed by atoms with Crippen LogP contribution in [0.2, 0.25) is 0 Å². The van der Waals surface area contributed by atoms with Gasteiger partial charge in [0.15, 0.2) is 5.76 Å². The van der Waals surface area contributed by atoms with Gasteiger partial charge in [0.2, 0.25) is 0 Å². The number of nitrogens with one attached hydrogen (secondary N) is 1.